The number of hydrogen-bond acceptors (Lipinski definition) is 3. The number of aliphatic hydroxyl groups is 1. The third-order valence-corrected chi connectivity index (χ3v) is 5.52. The molecule has 1 aliphatic heterocycles. The second-order valence-corrected chi connectivity index (χ2v) is 8.84. The molecule has 0 saturated carbocycles. The third kappa shape index (κ3) is 3.93. The monoisotopic (exact) mass is 277 g/mol. The average Bonchev–Trinajstić information content (AvgIpc) is 2.14. The molecule has 0 aromatic rings. The summed E-state index contributed by atoms with van der Waals surface area (Å²) in [5, 5.41) is 10.5. The maximum Gasteiger partial charge on any atom is 0.211 e. The van der Waals surface area contributed by atoms with Crippen molar-refractivity contribution in [1.82, 2.24) is 4.31 Å². The first-order chi connectivity index (χ1) is 7.93. The van der Waals surface area contributed by atoms with E-state index in [9.17, 15) is 13.5 Å². The van der Waals surface area contributed by atoms with E-state index in [0.29, 0.717) is 19.5 Å². The van der Waals surface area contributed by atoms with Crippen LogP contribution < -0.4 is 0 Å². The molecule has 2 atom stereocenters. The first kappa shape index (κ1) is 15.9. The lowest BCUT2D eigenvalue weighted by Crippen LogP contribution is -2.46. The Morgan fingerprint density at radius 2 is 1.83 bits per heavy atom. The summed E-state index contributed by atoms with van der Waals surface area (Å²) in [7, 11) is -3.10. The van der Waals surface area contributed by atoms with Crippen LogP contribution in [0.25, 0.3) is 0 Å². The molecule has 1 saturated heterocycles. The molecule has 0 bridgehead atoms. The minimum Gasteiger partial charge on any atom is -0.390 e. The lowest BCUT2D eigenvalue weighted by atomic mass is 9.72. The summed E-state index contributed by atoms with van der Waals surface area (Å²) in [4.78, 5) is 0. The first-order valence-corrected chi connectivity index (χ1v) is 8.46. The van der Waals surface area contributed by atoms with E-state index in [0.717, 1.165) is 12.8 Å². The van der Waals surface area contributed by atoms with Crippen LogP contribution in [0.4, 0.5) is 0 Å². The quantitative estimate of drug-likeness (QED) is 0.856. The van der Waals surface area contributed by atoms with Crippen LogP contribution in [0.1, 0.15) is 47.0 Å². The Bertz CT molecular complexity index is 382. The van der Waals surface area contributed by atoms with Crippen molar-refractivity contribution in [3.63, 3.8) is 0 Å². The molecule has 2 unspecified atom stereocenters. The van der Waals surface area contributed by atoms with Crippen molar-refractivity contribution in [2.24, 2.45) is 11.3 Å². The minimum atomic E-state index is -3.10. The van der Waals surface area contributed by atoms with Gasteiger partial charge in [-0.25, -0.2) is 12.7 Å². The predicted octanol–water partition coefficient (Wildman–Crippen LogP) is 1.85. The molecule has 0 spiro atoms. The van der Waals surface area contributed by atoms with E-state index in [1.54, 1.807) is 4.31 Å². The van der Waals surface area contributed by atoms with Gasteiger partial charge >= 0.3 is 0 Å². The van der Waals surface area contributed by atoms with Crippen LogP contribution in [0.5, 0.6) is 0 Å². The largest absolute Gasteiger partial charge is 0.390 e. The van der Waals surface area contributed by atoms with E-state index in [2.05, 4.69) is 0 Å². The second-order valence-electron chi connectivity index (χ2n) is 6.86. The Labute approximate surface area is 111 Å². The SMILES string of the molecule is CC(C)(C)C(C)(O)CC1CCCN(S(C)(=O)=O)C1. The van der Waals surface area contributed by atoms with Gasteiger partial charge in [-0.15, -0.1) is 0 Å². The summed E-state index contributed by atoms with van der Waals surface area (Å²) < 4.78 is 24.7. The average molecular weight is 277 g/mol. The normalized spacial score (nSPS) is 26.9. The van der Waals surface area contributed by atoms with Crippen LogP contribution in [0.15, 0.2) is 0 Å². The summed E-state index contributed by atoms with van der Waals surface area (Å²) in [5.74, 6) is 0.252. The third-order valence-electron chi connectivity index (χ3n) is 4.25. The van der Waals surface area contributed by atoms with Crippen LogP contribution >= 0.6 is 0 Å². The van der Waals surface area contributed by atoms with Crippen molar-refractivity contribution in [2.75, 3.05) is 19.3 Å². The topological polar surface area (TPSA) is 57.6 Å². The number of nitrogens with zero attached hydrogens (tertiary/aromatic N) is 1. The van der Waals surface area contributed by atoms with Crippen molar-refractivity contribution >= 4 is 10.0 Å². The summed E-state index contributed by atoms with van der Waals surface area (Å²) in [6, 6.07) is 0. The van der Waals surface area contributed by atoms with E-state index in [1.165, 1.54) is 6.26 Å². The molecule has 1 heterocycles. The highest BCUT2D eigenvalue weighted by molar-refractivity contribution is 7.88. The first-order valence-electron chi connectivity index (χ1n) is 6.61. The van der Waals surface area contributed by atoms with Gasteiger partial charge in [-0.3, -0.25) is 0 Å². The molecule has 18 heavy (non-hydrogen) atoms. The standard InChI is InChI=1S/C13H27NO3S/c1-12(2,3)13(4,15)9-11-7-6-8-14(10-11)18(5,16)17/h11,15H,6-10H2,1-5H3. The Morgan fingerprint density at radius 1 is 1.28 bits per heavy atom. The highest BCUT2D eigenvalue weighted by Gasteiger charge is 2.38. The van der Waals surface area contributed by atoms with Gasteiger partial charge in [-0.05, 0) is 37.5 Å². The Balaban J connectivity index is 2.70. The predicted molar refractivity (Wildman–Crippen MR) is 73.8 cm³/mol. The van der Waals surface area contributed by atoms with Crippen LogP contribution in [0.3, 0.4) is 0 Å². The van der Waals surface area contributed by atoms with Gasteiger partial charge in [-0.1, -0.05) is 20.8 Å². The Kier molecular flexibility index (Phi) is 4.51. The van der Waals surface area contributed by atoms with Crippen LogP contribution in [0.2, 0.25) is 0 Å². The molecule has 0 aromatic heterocycles. The van der Waals surface area contributed by atoms with Gasteiger partial charge < -0.3 is 5.11 Å². The fraction of sp³-hybridized carbons (Fsp3) is 1.00. The molecule has 1 fully saturated rings. The molecule has 0 amide bonds. The lowest BCUT2D eigenvalue weighted by Gasteiger charge is -2.41. The molecule has 0 radical (unpaired) electrons. The van der Waals surface area contributed by atoms with Gasteiger partial charge in [0.05, 0.1) is 11.9 Å². The summed E-state index contributed by atoms with van der Waals surface area (Å²) in [5.41, 5.74) is -0.960. The van der Waals surface area contributed by atoms with Gasteiger partial charge in [0.1, 0.15) is 0 Å². The zero-order valence-corrected chi connectivity index (χ0v) is 13.0. The van der Waals surface area contributed by atoms with E-state index in [-0.39, 0.29) is 11.3 Å². The molecule has 1 rings (SSSR count). The zero-order chi connectivity index (χ0) is 14.2. The molecule has 1 N–H and O–H groups in total. The van der Waals surface area contributed by atoms with E-state index in [1.807, 2.05) is 27.7 Å². The van der Waals surface area contributed by atoms with Crippen molar-refractivity contribution in [3.8, 4) is 0 Å². The van der Waals surface area contributed by atoms with Crippen molar-refractivity contribution in [3.05, 3.63) is 0 Å². The van der Waals surface area contributed by atoms with Crippen LogP contribution in [-0.4, -0.2) is 42.8 Å². The van der Waals surface area contributed by atoms with Gasteiger partial charge in [0.2, 0.25) is 10.0 Å². The van der Waals surface area contributed by atoms with Crippen LogP contribution in [0, 0.1) is 11.3 Å². The molecule has 1 aliphatic rings. The van der Waals surface area contributed by atoms with Crippen molar-refractivity contribution in [1.29, 1.82) is 0 Å². The fourth-order valence-corrected chi connectivity index (χ4v) is 3.31. The molecule has 0 aliphatic carbocycles. The number of sulfonamides is 1. The zero-order valence-electron chi connectivity index (χ0n) is 12.2. The highest BCUT2D eigenvalue weighted by Crippen LogP contribution is 2.37. The molecule has 5 heteroatoms. The number of hydrogen-bond donors (Lipinski definition) is 1. The maximum atomic E-state index is 11.6. The number of piperidine rings is 1. The summed E-state index contributed by atoms with van der Waals surface area (Å²) >= 11 is 0. The second kappa shape index (κ2) is 5.10. The van der Waals surface area contributed by atoms with Crippen molar-refractivity contribution in [2.45, 2.75) is 52.6 Å². The molecular formula is C13H27NO3S. The smallest absolute Gasteiger partial charge is 0.211 e. The lowest BCUT2D eigenvalue weighted by molar-refractivity contribution is -0.0637. The van der Waals surface area contributed by atoms with Gasteiger partial charge in [0.15, 0.2) is 0 Å². The van der Waals surface area contributed by atoms with Gasteiger partial charge in [0, 0.05) is 13.1 Å². The fourth-order valence-electron chi connectivity index (χ4n) is 2.36. The number of rotatable bonds is 3. The van der Waals surface area contributed by atoms with Gasteiger partial charge in [-0.2, -0.15) is 0 Å². The van der Waals surface area contributed by atoms with Crippen LogP contribution in [-0.2, 0) is 10.0 Å². The maximum absolute atomic E-state index is 11.6. The van der Waals surface area contributed by atoms with Gasteiger partial charge in [0.25, 0.3) is 0 Å². The van der Waals surface area contributed by atoms with E-state index < -0.39 is 15.6 Å². The van der Waals surface area contributed by atoms with E-state index >= 15 is 0 Å². The molecule has 0 aromatic carbocycles. The minimum absolute atomic E-state index is 0.194. The summed E-state index contributed by atoms with van der Waals surface area (Å²) in [6.07, 6.45) is 3.80. The Hall–Kier alpha value is -0.130. The highest BCUT2D eigenvalue weighted by atomic mass is 32.2. The Morgan fingerprint density at radius 3 is 2.28 bits per heavy atom. The molecule has 108 valence electrons. The van der Waals surface area contributed by atoms with Crippen molar-refractivity contribution < 1.29 is 13.5 Å². The molecule has 4 nitrogen and oxygen atoms in total. The molecular weight excluding hydrogens is 250 g/mol. The van der Waals surface area contributed by atoms with E-state index in [4.69, 9.17) is 0 Å². The summed E-state index contributed by atoms with van der Waals surface area (Å²) in [6.45, 7) is 9.07.